The zero-order valence-corrected chi connectivity index (χ0v) is 12.8. The Hall–Kier alpha value is -1.59. The molecule has 0 spiro atoms. The minimum atomic E-state index is 0.791. The Labute approximate surface area is 120 Å². The number of rotatable bonds is 7. The van der Waals surface area contributed by atoms with Crippen molar-refractivity contribution in [3.8, 4) is 0 Å². The van der Waals surface area contributed by atoms with E-state index in [9.17, 15) is 0 Å². The third-order valence-corrected chi connectivity index (χ3v) is 3.40. The highest BCUT2D eigenvalue weighted by atomic mass is 16.3. The molecule has 2 heterocycles. The number of aryl methyl sites for hydroxylation is 2. The summed E-state index contributed by atoms with van der Waals surface area (Å²) in [6.07, 6.45) is 3.80. The first-order chi connectivity index (χ1) is 9.60. The van der Waals surface area contributed by atoms with E-state index >= 15 is 0 Å². The zero-order valence-electron chi connectivity index (χ0n) is 12.8. The Morgan fingerprint density at radius 1 is 1.40 bits per heavy atom. The van der Waals surface area contributed by atoms with Gasteiger partial charge < -0.3 is 14.3 Å². The van der Waals surface area contributed by atoms with E-state index in [0.29, 0.717) is 0 Å². The number of hydrogen-bond donors (Lipinski definition) is 1. The van der Waals surface area contributed by atoms with E-state index in [4.69, 9.17) is 4.42 Å². The fraction of sp³-hybridized carbons (Fsp3) is 0.533. The predicted octanol–water partition coefficient (Wildman–Crippen LogP) is 2.06. The molecule has 20 heavy (non-hydrogen) atoms. The van der Waals surface area contributed by atoms with Crippen molar-refractivity contribution in [1.82, 2.24) is 19.8 Å². The minimum absolute atomic E-state index is 0.791. The molecular weight excluding hydrogens is 252 g/mol. The maximum absolute atomic E-state index is 5.82. The van der Waals surface area contributed by atoms with Crippen molar-refractivity contribution in [2.45, 2.75) is 33.5 Å². The fourth-order valence-electron chi connectivity index (χ4n) is 2.21. The molecule has 0 aliphatic carbocycles. The molecule has 5 heteroatoms. The lowest BCUT2D eigenvalue weighted by Crippen LogP contribution is -2.19. The maximum atomic E-state index is 5.82. The van der Waals surface area contributed by atoms with Gasteiger partial charge in [0.15, 0.2) is 0 Å². The first-order valence-corrected chi connectivity index (χ1v) is 7.03. The lowest BCUT2D eigenvalue weighted by atomic mass is 10.2. The van der Waals surface area contributed by atoms with Crippen molar-refractivity contribution in [3.05, 3.63) is 41.4 Å². The lowest BCUT2D eigenvalue weighted by Gasteiger charge is -2.14. The molecule has 0 fully saturated rings. The van der Waals surface area contributed by atoms with Gasteiger partial charge in [-0.25, -0.2) is 4.98 Å². The molecule has 0 aliphatic rings. The van der Waals surface area contributed by atoms with Crippen LogP contribution in [0.15, 0.2) is 22.9 Å². The van der Waals surface area contributed by atoms with Crippen LogP contribution in [0, 0.1) is 6.92 Å². The number of imidazole rings is 1. The van der Waals surface area contributed by atoms with Gasteiger partial charge in [0, 0.05) is 31.5 Å². The Bertz CT molecular complexity index is 544. The first-order valence-electron chi connectivity index (χ1n) is 7.03. The van der Waals surface area contributed by atoms with E-state index in [1.54, 1.807) is 0 Å². The van der Waals surface area contributed by atoms with Crippen molar-refractivity contribution >= 4 is 0 Å². The monoisotopic (exact) mass is 276 g/mol. The molecule has 0 saturated heterocycles. The topological polar surface area (TPSA) is 46.2 Å². The second-order valence-corrected chi connectivity index (χ2v) is 5.20. The normalized spacial score (nSPS) is 11.4. The Morgan fingerprint density at radius 2 is 2.20 bits per heavy atom. The molecule has 0 unspecified atom stereocenters. The smallest absolute Gasteiger partial charge is 0.122 e. The fourth-order valence-corrected chi connectivity index (χ4v) is 2.21. The van der Waals surface area contributed by atoms with E-state index in [1.165, 1.54) is 5.56 Å². The molecule has 0 atom stereocenters. The van der Waals surface area contributed by atoms with Gasteiger partial charge in [-0.2, -0.15) is 0 Å². The average Bonchev–Trinajstić information content (AvgIpc) is 2.94. The molecule has 110 valence electrons. The van der Waals surface area contributed by atoms with Gasteiger partial charge in [-0.3, -0.25) is 4.90 Å². The van der Waals surface area contributed by atoms with Crippen molar-refractivity contribution in [2.24, 2.45) is 7.05 Å². The van der Waals surface area contributed by atoms with Crippen molar-refractivity contribution in [3.63, 3.8) is 0 Å². The molecule has 2 aromatic rings. The van der Waals surface area contributed by atoms with Crippen LogP contribution in [-0.4, -0.2) is 28.0 Å². The molecule has 2 rings (SSSR count). The van der Waals surface area contributed by atoms with E-state index in [-0.39, 0.29) is 0 Å². The second kappa shape index (κ2) is 6.72. The van der Waals surface area contributed by atoms with Gasteiger partial charge in [-0.15, -0.1) is 0 Å². The summed E-state index contributed by atoms with van der Waals surface area (Å²) in [7, 11) is 4.10. The molecule has 0 amide bonds. The molecule has 2 aromatic heterocycles. The van der Waals surface area contributed by atoms with Gasteiger partial charge in [0.05, 0.1) is 13.1 Å². The van der Waals surface area contributed by atoms with E-state index in [0.717, 1.165) is 43.5 Å². The van der Waals surface area contributed by atoms with Crippen molar-refractivity contribution in [2.75, 3.05) is 13.6 Å². The number of nitrogens with zero attached hydrogens (tertiary/aromatic N) is 3. The lowest BCUT2D eigenvalue weighted by molar-refractivity contribution is 0.276. The van der Waals surface area contributed by atoms with E-state index in [2.05, 4.69) is 35.2 Å². The average molecular weight is 276 g/mol. The van der Waals surface area contributed by atoms with Gasteiger partial charge in [-0.1, -0.05) is 6.92 Å². The van der Waals surface area contributed by atoms with Crippen LogP contribution in [0.2, 0.25) is 0 Å². The summed E-state index contributed by atoms with van der Waals surface area (Å²) in [5.74, 6) is 3.07. The van der Waals surface area contributed by atoms with Crippen LogP contribution < -0.4 is 5.32 Å². The third-order valence-electron chi connectivity index (χ3n) is 3.40. The van der Waals surface area contributed by atoms with Gasteiger partial charge >= 0.3 is 0 Å². The van der Waals surface area contributed by atoms with Crippen LogP contribution in [0.4, 0.5) is 0 Å². The first kappa shape index (κ1) is 14.8. The van der Waals surface area contributed by atoms with Crippen molar-refractivity contribution < 1.29 is 4.42 Å². The number of hydrogen-bond acceptors (Lipinski definition) is 4. The predicted molar refractivity (Wildman–Crippen MR) is 79.2 cm³/mol. The van der Waals surface area contributed by atoms with Crippen LogP contribution in [0.3, 0.4) is 0 Å². The van der Waals surface area contributed by atoms with Crippen LogP contribution in [0.25, 0.3) is 0 Å². The highest BCUT2D eigenvalue weighted by Crippen LogP contribution is 2.16. The third kappa shape index (κ3) is 3.71. The SMILES string of the molecule is CCNCc1cc(CN(C)Cc2nccn2C)oc1C. The number of furan rings is 1. The number of nitrogens with one attached hydrogen (secondary N) is 1. The summed E-state index contributed by atoms with van der Waals surface area (Å²) in [5, 5.41) is 3.33. The van der Waals surface area contributed by atoms with Gasteiger partial charge in [0.25, 0.3) is 0 Å². The second-order valence-electron chi connectivity index (χ2n) is 5.20. The molecule has 1 N–H and O–H groups in total. The molecule has 0 saturated carbocycles. The van der Waals surface area contributed by atoms with E-state index < -0.39 is 0 Å². The maximum Gasteiger partial charge on any atom is 0.122 e. The molecule has 0 aliphatic heterocycles. The molecule has 0 radical (unpaired) electrons. The highest BCUT2D eigenvalue weighted by Gasteiger charge is 2.11. The summed E-state index contributed by atoms with van der Waals surface area (Å²) in [5.41, 5.74) is 1.24. The zero-order chi connectivity index (χ0) is 14.5. The summed E-state index contributed by atoms with van der Waals surface area (Å²) < 4.78 is 7.87. The summed E-state index contributed by atoms with van der Waals surface area (Å²) in [4.78, 5) is 6.55. The van der Waals surface area contributed by atoms with Gasteiger partial charge in [-0.05, 0) is 26.6 Å². The van der Waals surface area contributed by atoms with Crippen molar-refractivity contribution in [1.29, 1.82) is 0 Å². The standard InChI is InChI=1S/C15H24N4O/c1-5-16-9-13-8-14(20-12(13)2)10-18(3)11-15-17-6-7-19(15)4/h6-8,16H,5,9-11H2,1-4H3. The molecular formula is C15H24N4O. The Kier molecular flexibility index (Phi) is 4.98. The van der Waals surface area contributed by atoms with Crippen LogP contribution in [0.1, 0.15) is 29.8 Å². The highest BCUT2D eigenvalue weighted by molar-refractivity contribution is 5.20. The summed E-state index contributed by atoms with van der Waals surface area (Å²) >= 11 is 0. The summed E-state index contributed by atoms with van der Waals surface area (Å²) in [6.45, 7) is 7.57. The van der Waals surface area contributed by atoms with Crippen LogP contribution in [-0.2, 0) is 26.7 Å². The van der Waals surface area contributed by atoms with E-state index in [1.807, 2.05) is 30.9 Å². The van der Waals surface area contributed by atoms with Crippen LogP contribution >= 0.6 is 0 Å². The van der Waals surface area contributed by atoms with Gasteiger partial charge in [0.2, 0.25) is 0 Å². The minimum Gasteiger partial charge on any atom is -0.465 e. The van der Waals surface area contributed by atoms with Gasteiger partial charge in [0.1, 0.15) is 17.3 Å². The van der Waals surface area contributed by atoms with Crippen LogP contribution in [0.5, 0.6) is 0 Å². The quantitative estimate of drug-likeness (QED) is 0.841. The number of aromatic nitrogens is 2. The molecule has 0 aromatic carbocycles. The largest absolute Gasteiger partial charge is 0.465 e. The Morgan fingerprint density at radius 3 is 2.85 bits per heavy atom. The molecule has 0 bridgehead atoms. The molecule has 5 nitrogen and oxygen atoms in total. The Balaban J connectivity index is 1.94. The summed E-state index contributed by atoms with van der Waals surface area (Å²) in [6, 6.07) is 2.15.